The normalized spacial score (nSPS) is 14.7. The van der Waals surface area contributed by atoms with Crippen molar-refractivity contribution in [2.45, 2.75) is 6.92 Å². The van der Waals surface area contributed by atoms with E-state index in [9.17, 15) is 4.79 Å². The van der Waals surface area contributed by atoms with Crippen molar-refractivity contribution in [2.75, 3.05) is 42.9 Å². The third kappa shape index (κ3) is 2.96. The molecule has 1 aliphatic rings. The summed E-state index contributed by atoms with van der Waals surface area (Å²) in [5, 5.41) is 3.35. The molecule has 2 aromatic heterocycles. The van der Waals surface area contributed by atoms with Crippen LogP contribution in [-0.4, -0.2) is 58.2 Å². The SMILES string of the molecule is CCNc1cccnc1N1CCN(C(=O)n2cnc3ccccc32)CC1. The molecule has 0 spiro atoms. The largest absolute Gasteiger partial charge is 0.382 e. The molecule has 0 atom stereocenters. The minimum Gasteiger partial charge on any atom is -0.382 e. The fourth-order valence-corrected chi connectivity index (χ4v) is 3.35. The second-order valence-electron chi connectivity index (χ2n) is 6.26. The van der Waals surface area contributed by atoms with Crippen LogP contribution in [0.25, 0.3) is 11.0 Å². The van der Waals surface area contributed by atoms with E-state index in [-0.39, 0.29) is 6.03 Å². The summed E-state index contributed by atoms with van der Waals surface area (Å²) in [5.41, 5.74) is 2.72. The molecular weight excluding hydrogens is 328 g/mol. The first-order valence-corrected chi connectivity index (χ1v) is 8.93. The van der Waals surface area contributed by atoms with Crippen LogP contribution in [0, 0.1) is 0 Å². The molecule has 1 fully saturated rings. The Morgan fingerprint density at radius 2 is 1.88 bits per heavy atom. The molecular formula is C19H22N6O. The number of amides is 1. The van der Waals surface area contributed by atoms with E-state index in [2.05, 4.69) is 27.1 Å². The van der Waals surface area contributed by atoms with Crippen LogP contribution >= 0.6 is 0 Å². The molecule has 0 aliphatic carbocycles. The summed E-state index contributed by atoms with van der Waals surface area (Å²) in [5.74, 6) is 0.953. The molecule has 1 saturated heterocycles. The minimum absolute atomic E-state index is 0.0220. The highest BCUT2D eigenvalue weighted by molar-refractivity contribution is 5.89. The molecule has 1 aromatic carbocycles. The lowest BCUT2D eigenvalue weighted by molar-refractivity contribution is 0.197. The van der Waals surface area contributed by atoms with E-state index in [1.165, 1.54) is 0 Å². The summed E-state index contributed by atoms with van der Waals surface area (Å²) in [6.45, 7) is 5.76. The van der Waals surface area contributed by atoms with Crippen LogP contribution in [-0.2, 0) is 0 Å². The average Bonchev–Trinajstić information content (AvgIpc) is 3.12. The van der Waals surface area contributed by atoms with Gasteiger partial charge in [0.15, 0.2) is 5.82 Å². The van der Waals surface area contributed by atoms with Crippen LogP contribution in [0.1, 0.15) is 6.92 Å². The zero-order valence-electron chi connectivity index (χ0n) is 14.8. The topological polar surface area (TPSA) is 66.3 Å². The first kappa shape index (κ1) is 16.4. The van der Waals surface area contributed by atoms with Crippen LogP contribution in [0.2, 0.25) is 0 Å². The lowest BCUT2D eigenvalue weighted by Crippen LogP contribution is -2.50. The number of nitrogens with one attached hydrogen (secondary N) is 1. The third-order valence-electron chi connectivity index (χ3n) is 4.66. The molecule has 7 nitrogen and oxygen atoms in total. The number of nitrogens with zero attached hydrogens (tertiary/aromatic N) is 5. The van der Waals surface area contributed by atoms with Gasteiger partial charge in [0, 0.05) is 38.9 Å². The highest BCUT2D eigenvalue weighted by Gasteiger charge is 2.25. The van der Waals surface area contributed by atoms with Crippen LogP contribution < -0.4 is 10.2 Å². The maximum absolute atomic E-state index is 12.9. The van der Waals surface area contributed by atoms with E-state index in [4.69, 9.17) is 0 Å². The van der Waals surface area contributed by atoms with Crippen molar-refractivity contribution in [1.29, 1.82) is 0 Å². The lowest BCUT2D eigenvalue weighted by Gasteiger charge is -2.36. The van der Waals surface area contributed by atoms with Gasteiger partial charge in [-0.3, -0.25) is 4.57 Å². The Balaban J connectivity index is 1.48. The number of benzene rings is 1. The number of fused-ring (bicyclic) bond motifs is 1. The van der Waals surface area contributed by atoms with Gasteiger partial charge < -0.3 is 15.1 Å². The maximum Gasteiger partial charge on any atom is 0.330 e. The number of carbonyl (C=O) groups excluding carboxylic acids is 1. The molecule has 0 saturated carbocycles. The van der Waals surface area contributed by atoms with Crippen molar-refractivity contribution in [3.63, 3.8) is 0 Å². The predicted molar refractivity (Wildman–Crippen MR) is 103 cm³/mol. The van der Waals surface area contributed by atoms with Crippen molar-refractivity contribution >= 4 is 28.6 Å². The molecule has 134 valence electrons. The number of para-hydroxylation sites is 2. The summed E-state index contributed by atoms with van der Waals surface area (Å²) < 4.78 is 1.63. The van der Waals surface area contributed by atoms with Crippen LogP contribution in [0.15, 0.2) is 48.9 Å². The second-order valence-corrected chi connectivity index (χ2v) is 6.26. The zero-order chi connectivity index (χ0) is 17.9. The monoisotopic (exact) mass is 350 g/mol. The van der Waals surface area contributed by atoms with Gasteiger partial charge in [-0.25, -0.2) is 14.8 Å². The third-order valence-corrected chi connectivity index (χ3v) is 4.66. The molecule has 7 heteroatoms. The number of imidazole rings is 1. The molecule has 1 N–H and O–H groups in total. The summed E-state index contributed by atoms with van der Waals surface area (Å²) in [7, 11) is 0. The van der Waals surface area contributed by atoms with Crippen LogP contribution in [0.4, 0.5) is 16.3 Å². The van der Waals surface area contributed by atoms with E-state index >= 15 is 0 Å². The molecule has 3 heterocycles. The van der Waals surface area contributed by atoms with Gasteiger partial charge in [-0.15, -0.1) is 0 Å². The highest BCUT2D eigenvalue weighted by atomic mass is 16.2. The van der Waals surface area contributed by atoms with E-state index in [0.717, 1.165) is 42.2 Å². The van der Waals surface area contributed by atoms with E-state index in [1.807, 2.05) is 47.5 Å². The Kier molecular flexibility index (Phi) is 4.43. The second kappa shape index (κ2) is 7.03. The van der Waals surface area contributed by atoms with E-state index in [0.29, 0.717) is 13.1 Å². The van der Waals surface area contributed by atoms with Gasteiger partial charge in [0.05, 0.1) is 16.7 Å². The Bertz CT molecular complexity index is 913. The van der Waals surface area contributed by atoms with Crippen molar-refractivity contribution in [3.05, 3.63) is 48.9 Å². The van der Waals surface area contributed by atoms with Gasteiger partial charge in [-0.1, -0.05) is 12.1 Å². The summed E-state index contributed by atoms with van der Waals surface area (Å²) >= 11 is 0. The quantitative estimate of drug-likeness (QED) is 0.787. The molecule has 1 aliphatic heterocycles. The van der Waals surface area contributed by atoms with Crippen molar-refractivity contribution in [2.24, 2.45) is 0 Å². The Hall–Kier alpha value is -3.09. The standard InChI is InChI=1S/C19H22N6O/c1-2-20-16-7-5-9-21-18(16)23-10-12-24(13-11-23)19(26)25-14-22-15-6-3-4-8-17(15)25/h3-9,14,20H,2,10-13H2,1H3. The number of pyridine rings is 1. The summed E-state index contributed by atoms with van der Waals surface area (Å²) in [4.78, 5) is 25.8. The van der Waals surface area contributed by atoms with E-state index in [1.54, 1.807) is 10.9 Å². The number of hydrogen-bond acceptors (Lipinski definition) is 5. The smallest absolute Gasteiger partial charge is 0.330 e. The molecule has 0 unspecified atom stereocenters. The van der Waals surface area contributed by atoms with Gasteiger partial charge in [-0.05, 0) is 31.2 Å². The molecule has 26 heavy (non-hydrogen) atoms. The predicted octanol–water partition coefficient (Wildman–Crippen LogP) is 2.65. The van der Waals surface area contributed by atoms with Crippen molar-refractivity contribution < 1.29 is 4.79 Å². The minimum atomic E-state index is -0.0220. The van der Waals surface area contributed by atoms with Gasteiger partial charge >= 0.3 is 6.03 Å². The van der Waals surface area contributed by atoms with Crippen LogP contribution in [0.3, 0.4) is 0 Å². The first-order chi connectivity index (χ1) is 12.8. The number of anilines is 2. The zero-order valence-corrected chi connectivity index (χ0v) is 14.8. The van der Waals surface area contributed by atoms with Gasteiger partial charge in [0.2, 0.25) is 0 Å². The maximum atomic E-state index is 12.9. The van der Waals surface area contributed by atoms with Gasteiger partial charge in [0.25, 0.3) is 0 Å². The fourth-order valence-electron chi connectivity index (χ4n) is 3.35. The van der Waals surface area contributed by atoms with Gasteiger partial charge in [0.1, 0.15) is 6.33 Å². The van der Waals surface area contributed by atoms with Crippen molar-refractivity contribution in [1.82, 2.24) is 19.4 Å². The lowest BCUT2D eigenvalue weighted by atomic mass is 10.3. The summed E-state index contributed by atoms with van der Waals surface area (Å²) in [6.07, 6.45) is 3.42. The molecule has 0 radical (unpaired) electrons. The Morgan fingerprint density at radius 3 is 2.69 bits per heavy atom. The number of hydrogen-bond donors (Lipinski definition) is 1. The number of carbonyl (C=O) groups is 1. The first-order valence-electron chi connectivity index (χ1n) is 8.93. The number of aromatic nitrogens is 3. The number of rotatable bonds is 3. The average molecular weight is 350 g/mol. The molecule has 1 amide bonds. The van der Waals surface area contributed by atoms with Gasteiger partial charge in [-0.2, -0.15) is 0 Å². The fraction of sp³-hybridized carbons (Fsp3) is 0.316. The van der Waals surface area contributed by atoms with E-state index < -0.39 is 0 Å². The highest BCUT2D eigenvalue weighted by Crippen LogP contribution is 2.24. The van der Waals surface area contributed by atoms with Crippen LogP contribution in [0.5, 0.6) is 0 Å². The molecule has 0 bridgehead atoms. The summed E-state index contributed by atoms with van der Waals surface area (Å²) in [6, 6.07) is 11.7. The Labute approximate surface area is 152 Å². The Morgan fingerprint density at radius 1 is 1.08 bits per heavy atom. The molecule has 4 rings (SSSR count). The van der Waals surface area contributed by atoms with Crippen molar-refractivity contribution in [3.8, 4) is 0 Å². The number of piperazine rings is 1. The molecule has 3 aromatic rings.